The second kappa shape index (κ2) is 50.2. The maximum Gasteiger partial charge on any atom is 0.306 e. The third-order valence-corrected chi connectivity index (χ3v) is 9.94. The Bertz CT molecular complexity index is 1420. The zero-order valence-electron chi connectivity index (χ0n) is 40.0. The van der Waals surface area contributed by atoms with E-state index in [0.717, 1.165) is 77.0 Å². The Hall–Kier alpha value is -4.45. The van der Waals surface area contributed by atoms with E-state index in [2.05, 4.69) is 45.1 Å². The van der Waals surface area contributed by atoms with Gasteiger partial charge in [0, 0.05) is 19.3 Å². The van der Waals surface area contributed by atoms with Crippen molar-refractivity contribution in [1.29, 1.82) is 0 Å². The van der Waals surface area contributed by atoms with Crippen molar-refractivity contribution >= 4 is 17.9 Å². The number of carbonyl (C=O) groups excluding carboxylic acids is 3. The third-order valence-electron chi connectivity index (χ3n) is 9.94. The molecule has 0 aliphatic rings. The van der Waals surface area contributed by atoms with E-state index in [0.29, 0.717) is 19.3 Å². The van der Waals surface area contributed by atoms with Gasteiger partial charge in [0.15, 0.2) is 6.10 Å². The van der Waals surface area contributed by atoms with E-state index in [4.69, 9.17) is 14.2 Å². The molecule has 1 atom stereocenters. The van der Waals surface area contributed by atoms with Gasteiger partial charge in [-0.3, -0.25) is 14.4 Å². The van der Waals surface area contributed by atoms with Gasteiger partial charge in [-0.2, -0.15) is 0 Å². The Morgan fingerprint density at radius 2 is 0.619 bits per heavy atom. The van der Waals surface area contributed by atoms with Crippen molar-refractivity contribution in [1.82, 2.24) is 0 Å². The molecule has 0 aromatic carbocycles. The SMILES string of the molecule is CC\C=C/C=C\C=C/C=C\C=C/CCCCCC(=O)OC(COC(=O)CCCCC\C=C/C=C/C=C\C=C/C=C\C=C/CC)COC(=O)CCCCCCCCCCCCCCC. The maximum absolute atomic E-state index is 12.8. The van der Waals surface area contributed by atoms with Gasteiger partial charge < -0.3 is 14.2 Å². The molecule has 0 bridgehead atoms. The van der Waals surface area contributed by atoms with Crippen molar-refractivity contribution in [3.63, 3.8) is 0 Å². The van der Waals surface area contributed by atoms with Gasteiger partial charge in [-0.05, 0) is 57.8 Å². The molecule has 0 radical (unpaired) electrons. The van der Waals surface area contributed by atoms with Crippen LogP contribution >= 0.6 is 0 Å². The Balaban J connectivity index is 4.59. The summed E-state index contributed by atoms with van der Waals surface area (Å²) in [7, 11) is 0. The molecule has 0 saturated heterocycles. The van der Waals surface area contributed by atoms with Gasteiger partial charge in [-0.15, -0.1) is 0 Å². The van der Waals surface area contributed by atoms with E-state index >= 15 is 0 Å². The van der Waals surface area contributed by atoms with E-state index in [1.165, 1.54) is 64.2 Å². The predicted molar refractivity (Wildman–Crippen MR) is 269 cm³/mol. The fourth-order valence-corrected chi connectivity index (χ4v) is 6.26. The first-order chi connectivity index (χ1) is 31.0. The number of unbranched alkanes of at least 4 members (excludes halogenated alkanes) is 18. The number of esters is 3. The summed E-state index contributed by atoms with van der Waals surface area (Å²) in [5.74, 6) is -1.01. The van der Waals surface area contributed by atoms with Crippen LogP contribution in [0, 0.1) is 0 Å². The molecule has 0 N–H and O–H groups in total. The van der Waals surface area contributed by atoms with E-state index in [-0.39, 0.29) is 37.5 Å². The Kier molecular flexibility index (Phi) is 46.7. The first-order valence-corrected chi connectivity index (χ1v) is 24.8. The lowest BCUT2D eigenvalue weighted by Crippen LogP contribution is -2.30. The quantitative estimate of drug-likeness (QED) is 0.0263. The van der Waals surface area contributed by atoms with E-state index in [1.54, 1.807) is 0 Å². The topological polar surface area (TPSA) is 78.9 Å². The van der Waals surface area contributed by atoms with Gasteiger partial charge in [0.05, 0.1) is 0 Å². The van der Waals surface area contributed by atoms with Crippen LogP contribution in [0.2, 0.25) is 0 Å². The lowest BCUT2D eigenvalue weighted by atomic mass is 10.0. The van der Waals surface area contributed by atoms with Crippen molar-refractivity contribution in [2.75, 3.05) is 13.2 Å². The highest BCUT2D eigenvalue weighted by Crippen LogP contribution is 2.14. The van der Waals surface area contributed by atoms with Crippen molar-refractivity contribution in [3.8, 4) is 0 Å². The fourth-order valence-electron chi connectivity index (χ4n) is 6.26. The van der Waals surface area contributed by atoms with Crippen LogP contribution in [-0.2, 0) is 28.6 Å². The number of hydrogen-bond donors (Lipinski definition) is 0. The number of rotatable bonds is 42. The summed E-state index contributed by atoms with van der Waals surface area (Å²) in [6.45, 7) is 6.25. The largest absolute Gasteiger partial charge is 0.462 e. The third kappa shape index (κ3) is 48.4. The summed E-state index contributed by atoms with van der Waals surface area (Å²) in [4.78, 5) is 37.9. The lowest BCUT2D eigenvalue weighted by Gasteiger charge is -2.18. The highest BCUT2D eigenvalue weighted by atomic mass is 16.6. The van der Waals surface area contributed by atoms with Gasteiger partial charge in [-0.25, -0.2) is 0 Å². The normalized spacial score (nSPS) is 13.3. The molecule has 352 valence electrons. The van der Waals surface area contributed by atoms with Crippen LogP contribution in [0.1, 0.15) is 188 Å². The second-order valence-electron chi connectivity index (χ2n) is 15.9. The molecule has 0 fully saturated rings. The monoisotopic (exact) mass is 869 g/mol. The molecule has 0 heterocycles. The molecule has 1 unspecified atom stereocenters. The van der Waals surface area contributed by atoms with Crippen molar-refractivity contribution < 1.29 is 28.6 Å². The van der Waals surface area contributed by atoms with Crippen molar-refractivity contribution in [2.45, 2.75) is 194 Å². The highest BCUT2D eigenvalue weighted by molar-refractivity contribution is 5.71. The molecular formula is C57H88O6. The summed E-state index contributed by atoms with van der Waals surface area (Å²) >= 11 is 0. The minimum atomic E-state index is -0.821. The van der Waals surface area contributed by atoms with Crippen LogP contribution in [0.5, 0.6) is 0 Å². The highest BCUT2D eigenvalue weighted by Gasteiger charge is 2.19. The lowest BCUT2D eigenvalue weighted by molar-refractivity contribution is -0.167. The van der Waals surface area contributed by atoms with Crippen LogP contribution in [0.4, 0.5) is 0 Å². The van der Waals surface area contributed by atoms with Crippen LogP contribution < -0.4 is 0 Å². The molecule has 0 aliphatic carbocycles. The van der Waals surface area contributed by atoms with Crippen molar-refractivity contribution in [3.05, 3.63) is 134 Å². The molecule has 0 aromatic heterocycles. The molecule has 63 heavy (non-hydrogen) atoms. The number of ether oxygens (including phenoxy) is 3. The predicted octanol–water partition coefficient (Wildman–Crippen LogP) is 16.3. The average molecular weight is 869 g/mol. The zero-order chi connectivity index (χ0) is 45.8. The number of carbonyl (C=O) groups is 3. The summed E-state index contributed by atoms with van der Waals surface area (Å²) in [5.41, 5.74) is 0. The standard InChI is InChI=1S/C57H88O6/c1-4-7-10-13-16-19-22-25-27-28-30-32-35-38-41-44-47-50-56(59)62-53-54(52-61-55(58)49-46-43-40-37-34-31-24-21-18-15-12-9-6-3)63-57(60)51-48-45-42-39-36-33-29-26-23-20-17-14-11-8-5-2/h7-8,10-11,13-14,16-17,19-20,22-23,25-30,32-33,35-36,54H,4-6,9,12,15,18,21,24,31,34,37-53H2,1-3H3/b10-7-,11-8-,16-13-,17-14-,22-19-,23-20-,27-25-,29-26-,30-28+,35-32-,36-33-. The zero-order valence-corrected chi connectivity index (χ0v) is 40.0. The van der Waals surface area contributed by atoms with Crippen LogP contribution in [0.3, 0.4) is 0 Å². The van der Waals surface area contributed by atoms with Gasteiger partial charge in [-0.1, -0.05) is 244 Å². The number of hydrogen-bond acceptors (Lipinski definition) is 6. The van der Waals surface area contributed by atoms with E-state index < -0.39 is 6.10 Å². The van der Waals surface area contributed by atoms with Crippen LogP contribution in [0.25, 0.3) is 0 Å². The molecule has 0 amide bonds. The smallest absolute Gasteiger partial charge is 0.306 e. The van der Waals surface area contributed by atoms with E-state index in [1.807, 2.05) is 109 Å². The molecule has 0 rings (SSSR count). The average Bonchev–Trinajstić information content (AvgIpc) is 3.28. The van der Waals surface area contributed by atoms with Gasteiger partial charge in [0.1, 0.15) is 13.2 Å². The Labute approximate surface area is 385 Å². The molecule has 0 aliphatic heterocycles. The molecule has 0 spiro atoms. The Morgan fingerprint density at radius 1 is 0.333 bits per heavy atom. The fraction of sp³-hybridized carbons (Fsp3) is 0.561. The Morgan fingerprint density at radius 3 is 0.968 bits per heavy atom. The molecular weight excluding hydrogens is 781 g/mol. The second-order valence-corrected chi connectivity index (χ2v) is 15.9. The van der Waals surface area contributed by atoms with Gasteiger partial charge in [0.25, 0.3) is 0 Å². The molecule has 0 saturated carbocycles. The van der Waals surface area contributed by atoms with Gasteiger partial charge >= 0.3 is 17.9 Å². The van der Waals surface area contributed by atoms with Gasteiger partial charge in [0.2, 0.25) is 0 Å². The summed E-state index contributed by atoms with van der Waals surface area (Å²) in [5, 5.41) is 0. The molecule has 6 heteroatoms. The van der Waals surface area contributed by atoms with E-state index in [9.17, 15) is 14.4 Å². The summed E-state index contributed by atoms with van der Waals surface area (Å²) < 4.78 is 16.7. The molecule has 0 aromatic rings. The maximum atomic E-state index is 12.8. The minimum Gasteiger partial charge on any atom is -0.462 e. The molecule has 6 nitrogen and oxygen atoms in total. The first-order valence-electron chi connectivity index (χ1n) is 24.8. The van der Waals surface area contributed by atoms with Crippen molar-refractivity contribution in [2.24, 2.45) is 0 Å². The van der Waals surface area contributed by atoms with Crippen LogP contribution in [0.15, 0.2) is 134 Å². The summed E-state index contributed by atoms with van der Waals surface area (Å²) in [6, 6.07) is 0. The minimum absolute atomic E-state index is 0.114. The van der Waals surface area contributed by atoms with Crippen LogP contribution in [-0.4, -0.2) is 37.2 Å². The number of allylic oxidation sites excluding steroid dienone is 22. The summed E-state index contributed by atoms with van der Waals surface area (Å²) in [6.07, 6.45) is 70.0. The first kappa shape index (κ1) is 58.6.